The Balaban J connectivity index is 1.69. The predicted octanol–water partition coefficient (Wildman–Crippen LogP) is 7.15. The van der Waals surface area contributed by atoms with Crippen molar-refractivity contribution < 1.29 is 9.31 Å². The van der Waals surface area contributed by atoms with Gasteiger partial charge < -0.3 is 24.0 Å². The Morgan fingerprint density at radius 1 is 0.500 bits per heavy atom. The highest BCUT2D eigenvalue weighted by molar-refractivity contribution is 6.62. The normalized spacial score (nSPS) is 15.9. The Morgan fingerprint density at radius 3 is 1.11 bits per heavy atom. The fourth-order valence-corrected chi connectivity index (χ4v) is 5.01. The van der Waals surface area contributed by atoms with Crippen molar-refractivity contribution in [2.75, 3.05) is 40.9 Å². The highest BCUT2D eigenvalue weighted by Gasteiger charge is 2.51. The van der Waals surface area contributed by atoms with Crippen LogP contribution in [0, 0.1) is 0 Å². The van der Waals surface area contributed by atoms with Crippen LogP contribution >= 0.6 is 0 Å². The number of anilines is 5. The van der Waals surface area contributed by atoms with Crippen molar-refractivity contribution in [3.05, 3.63) is 72.8 Å². The fraction of sp³-hybridized carbons (Fsp3) is 0.438. The van der Waals surface area contributed by atoms with Gasteiger partial charge in [0.2, 0.25) is 0 Å². The van der Waals surface area contributed by atoms with Crippen molar-refractivity contribution in [1.82, 2.24) is 0 Å². The average Bonchev–Trinajstić information content (AvgIpc) is 3.14. The van der Waals surface area contributed by atoms with E-state index in [1.807, 2.05) is 0 Å². The van der Waals surface area contributed by atoms with Crippen LogP contribution in [-0.2, 0) is 9.31 Å². The topological polar surface area (TPSA) is 28.2 Å². The molecule has 0 spiro atoms. The van der Waals surface area contributed by atoms with E-state index in [1.54, 1.807) is 0 Å². The van der Waals surface area contributed by atoms with Gasteiger partial charge in [-0.25, -0.2) is 0 Å². The molecule has 0 atom stereocenters. The van der Waals surface area contributed by atoms with Crippen LogP contribution in [0.3, 0.4) is 0 Å². The van der Waals surface area contributed by atoms with Crippen molar-refractivity contribution in [3.8, 4) is 0 Å². The van der Waals surface area contributed by atoms with Crippen molar-refractivity contribution in [1.29, 1.82) is 0 Å². The molecule has 4 rings (SSSR count). The first-order valence-electron chi connectivity index (χ1n) is 14.1. The van der Waals surface area contributed by atoms with Gasteiger partial charge >= 0.3 is 7.12 Å². The molecule has 5 nitrogen and oxygen atoms in total. The predicted molar refractivity (Wildman–Crippen MR) is 164 cm³/mol. The van der Waals surface area contributed by atoms with Crippen LogP contribution in [0.15, 0.2) is 72.8 Å². The molecule has 3 aromatic rings. The molecule has 1 fully saturated rings. The van der Waals surface area contributed by atoms with Crippen LogP contribution in [0.25, 0.3) is 0 Å². The van der Waals surface area contributed by atoms with Gasteiger partial charge in [-0.1, -0.05) is 12.1 Å². The molecule has 0 unspecified atom stereocenters. The molecule has 0 N–H and O–H groups in total. The molecule has 1 aliphatic rings. The Bertz CT molecular complexity index is 1100. The zero-order valence-corrected chi connectivity index (χ0v) is 24.5. The van der Waals surface area contributed by atoms with Crippen LogP contribution in [0.1, 0.15) is 55.4 Å². The van der Waals surface area contributed by atoms with Gasteiger partial charge in [0.1, 0.15) is 0 Å². The first-order valence-corrected chi connectivity index (χ1v) is 14.1. The molecule has 38 heavy (non-hydrogen) atoms. The highest BCUT2D eigenvalue weighted by atomic mass is 16.7. The zero-order valence-electron chi connectivity index (χ0n) is 24.5. The number of hydrogen-bond acceptors (Lipinski definition) is 5. The van der Waals surface area contributed by atoms with Gasteiger partial charge in [0.25, 0.3) is 0 Å². The number of benzene rings is 3. The number of rotatable bonds is 10. The number of hydrogen-bond donors (Lipinski definition) is 0. The molecule has 3 aromatic carbocycles. The quantitative estimate of drug-likeness (QED) is 0.269. The summed E-state index contributed by atoms with van der Waals surface area (Å²) in [7, 11) is -0.371. The third-order valence-corrected chi connectivity index (χ3v) is 8.15. The van der Waals surface area contributed by atoms with Crippen LogP contribution < -0.4 is 20.2 Å². The molecule has 202 valence electrons. The minimum Gasteiger partial charge on any atom is -0.399 e. The Kier molecular flexibility index (Phi) is 8.44. The molecule has 1 heterocycles. The minimum atomic E-state index is -0.371. The van der Waals surface area contributed by atoms with Crippen molar-refractivity contribution in [3.63, 3.8) is 0 Å². The monoisotopic (exact) mass is 513 g/mol. The van der Waals surface area contributed by atoms with Crippen molar-refractivity contribution in [2.24, 2.45) is 0 Å². The summed E-state index contributed by atoms with van der Waals surface area (Å²) in [5.41, 5.74) is 6.14. The molecule has 0 radical (unpaired) electrons. The maximum atomic E-state index is 6.29. The van der Waals surface area contributed by atoms with Crippen molar-refractivity contribution >= 4 is 41.0 Å². The van der Waals surface area contributed by atoms with Crippen LogP contribution in [0.4, 0.5) is 28.4 Å². The Hall–Kier alpha value is -2.96. The molecule has 0 saturated carbocycles. The van der Waals surface area contributed by atoms with E-state index < -0.39 is 0 Å². The summed E-state index contributed by atoms with van der Waals surface area (Å²) in [6.07, 6.45) is 0. The second-order valence-corrected chi connectivity index (χ2v) is 10.9. The van der Waals surface area contributed by atoms with Gasteiger partial charge in [-0.05, 0) is 122 Å². The van der Waals surface area contributed by atoms with E-state index >= 15 is 0 Å². The molecule has 0 aromatic heterocycles. The first-order chi connectivity index (χ1) is 18.1. The summed E-state index contributed by atoms with van der Waals surface area (Å²) in [5, 5.41) is 0. The van der Waals surface area contributed by atoms with Crippen LogP contribution in [-0.4, -0.2) is 44.5 Å². The summed E-state index contributed by atoms with van der Waals surface area (Å²) < 4.78 is 12.6. The molecular formula is C32H44BN3O2. The fourth-order valence-electron chi connectivity index (χ4n) is 5.01. The number of nitrogens with zero attached hydrogens (tertiary/aromatic N) is 3. The van der Waals surface area contributed by atoms with Gasteiger partial charge in [0, 0.05) is 54.6 Å². The van der Waals surface area contributed by atoms with E-state index in [0.717, 1.165) is 48.7 Å². The van der Waals surface area contributed by atoms with Gasteiger partial charge in [0.15, 0.2) is 0 Å². The van der Waals surface area contributed by atoms with Crippen LogP contribution in [0.5, 0.6) is 0 Å². The lowest BCUT2D eigenvalue weighted by atomic mass is 9.79. The van der Waals surface area contributed by atoms with E-state index in [1.165, 1.54) is 11.4 Å². The molecule has 1 aliphatic heterocycles. The molecule has 1 saturated heterocycles. The van der Waals surface area contributed by atoms with Crippen LogP contribution in [0.2, 0.25) is 0 Å². The highest BCUT2D eigenvalue weighted by Crippen LogP contribution is 2.38. The van der Waals surface area contributed by atoms with Crippen molar-refractivity contribution in [2.45, 2.75) is 66.6 Å². The Morgan fingerprint density at radius 2 is 0.789 bits per heavy atom. The summed E-state index contributed by atoms with van der Waals surface area (Å²) >= 11 is 0. The lowest BCUT2D eigenvalue weighted by Crippen LogP contribution is -2.41. The standard InChI is InChI=1S/C32H44BN3O2/c1-9-34(10-2)26-17-21-29(22-18-26)36(30-23-19-27(20-24-30)35(11-3)12-4)28-15-13-25(14-16-28)33-37-31(5,6)32(7,8)38-33/h13-24H,9-12H2,1-8H3. The third-order valence-electron chi connectivity index (χ3n) is 8.15. The van der Waals surface area contributed by atoms with E-state index in [9.17, 15) is 0 Å². The van der Waals surface area contributed by atoms with Gasteiger partial charge in [-0.15, -0.1) is 0 Å². The smallest absolute Gasteiger partial charge is 0.399 e. The summed E-state index contributed by atoms with van der Waals surface area (Å²) in [4.78, 5) is 7.05. The minimum absolute atomic E-state index is 0.360. The van der Waals surface area contributed by atoms with Gasteiger partial charge in [-0.2, -0.15) is 0 Å². The summed E-state index contributed by atoms with van der Waals surface area (Å²) in [6, 6.07) is 26.3. The maximum absolute atomic E-state index is 6.29. The van der Waals surface area contributed by atoms with Gasteiger partial charge in [0.05, 0.1) is 11.2 Å². The summed E-state index contributed by atoms with van der Waals surface area (Å²) in [5.74, 6) is 0. The first kappa shape index (κ1) is 28.1. The lowest BCUT2D eigenvalue weighted by molar-refractivity contribution is 0.00578. The lowest BCUT2D eigenvalue weighted by Gasteiger charge is -2.32. The average molecular weight is 514 g/mol. The largest absolute Gasteiger partial charge is 0.494 e. The Labute approximate surface area is 230 Å². The van der Waals surface area contributed by atoms with E-state index in [-0.39, 0.29) is 18.3 Å². The molecule has 0 amide bonds. The molecule has 6 heteroatoms. The third kappa shape index (κ3) is 5.57. The molecule has 0 bridgehead atoms. The second-order valence-electron chi connectivity index (χ2n) is 10.9. The maximum Gasteiger partial charge on any atom is 0.494 e. The van der Waals surface area contributed by atoms with E-state index in [2.05, 4.69) is 143 Å². The zero-order chi connectivity index (χ0) is 27.5. The molecule has 0 aliphatic carbocycles. The summed E-state index contributed by atoms with van der Waals surface area (Å²) in [6.45, 7) is 21.1. The second kappa shape index (κ2) is 11.4. The van der Waals surface area contributed by atoms with Gasteiger partial charge in [-0.3, -0.25) is 0 Å². The molecular weight excluding hydrogens is 469 g/mol. The van der Waals surface area contributed by atoms with E-state index in [4.69, 9.17) is 9.31 Å². The SMILES string of the molecule is CCN(CC)c1ccc(N(c2ccc(B3OC(C)(C)C(C)(C)O3)cc2)c2ccc(N(CC)CC)cc2)cc1. The van der Waals surface area contributed by atoms with E-state index in [0.29, 0.717) is 0 Å².